The van der Waals surface area contributed by atoms with Crippen molar-refractivity contribution in [3.05, 3.63) is 30.9 Å². The minimum absolute atomic E-state index is 0.683. The molecule has 0 aliphatic carbocycles. The van der Waals surface area contributed by atoms with Crippen LogP contribution in [-0.2, 0) is 0 Å². The predicted octanol–water partition coefficient (Wildman–Crippen LogP) is 4.19. The second-order valence-electron chi connectivity index (χ2n) is 5.94. The lowest BCUT2D eigenvalue weighted by Gasteiger charge is -2.05. The summed E-state index contributed by atoms with van der Waals surface area (Å²) in [5.41, 5.74) is 2.53. The average molecular weight is 324 g/mol. The third kappa shape index (κ3) is 4.07. The summed E-state index contributed by atoms with van der Waals surface area (Å²) in [5, 5.41) is 3.41. The first-order chi connectivity index (χ1) is 11.9. The van der Waals surface area contributed by atoms with Crippen LogP contribution in [0, 0.1) is 0 Å². The molecule has 0 bridgehead atoms. The number of anilines is 1. The Hall–Kier alpha value is -2.50. The zero-order chi connectivity index (χ0) is 16.6. The summed E-state index contributed by atoms with van der Waals surface area (Å²) in [6.07, 6.45) is 12.8. The smallest absolute Gasteiger partial charge is 0.183 e. The van der Waals surface area contributed by atoms with Gasteiger partial charge in [-0.1, -0.05) is 39.0 Å². The third-order valence-electron chi connectivity index (χ3n) is 4.06. The van der Waals surface area contributed by atoms with Crippen molar-refractivity contribution < 1.29 is 0 Å². The fourth-order valence-corrected chi connectivity index (χ4v) is 2.72. The molecule has 0 spiro atoms. The first-order valence-electron chi connectivity index (χ1n) is 8.73. The van der Waals surface area contributed by atoms with E-state index in [9.17, 15) is 0 Å². The number of unbranched alkanes of at least 4 members (excludes halogenated alkanes) is 5. The summed E-state index contributed by atoms with van der Waals surface area (Å²) in [7, 11) is 0. The lowest BCUT2D eigenvalue weighted by Crippen LogP contribution is -2.04. The van der Waals surface area contributed by atoms with E-state index < -0.39 is 0 Å². The summed E-state index contributed by atoms with van der Waals surface area (Å²) in [4.78, 5) is 20.5. The minimum Gasteiger partial charge on any atom is -0.368 e. The lowest BCUT2D eigenvalue weighted by atomic mass is 10.1. The second kappa shape index (κ2) is 8.38. The van der Waals surface area contributed by atoms with Gasteiger partial charge in [0, 0.05) is 24.5 Å². The number of hydrogen-bond acceptors (Lipinski definition) is 5. The minimum atomic E-state index is 0.683. The number of rotatable bonds is 9. The van der Waals surface area contributed by atoms with Crippen LogP contribution >= 0.6 is 0 Å². The van der Waals surface area contributed by atoms with Crippen LogP contribution in [0.4, 0.5) is 5.82 Å². The molecule has 0 aliphatic heterocycles. The van der Waals surface area contributed by atoms with Crippen molar-refractivity contribution in [2.75, 3.05) is 11.9 Å². The van der Waals surface area contributed by atoms with Crippen LogP contribution in [0.2, 0.25) is 0 Å². The van der Waals surface area contributed by atoms with Gasteiger partial charge in [0.15, 0.2) is 11.5 Å². The van der Waals surface area contributed by atoms with E-state index in [1.54, 1.807) is 18.7 Å². The van der Waals surface area contributed by atoms with Crippen LogP contribution in [-0.4, -0.2) is 31.5 Å². The number of nitrogens with zero attached hydrogens (tertiary/aromatic N) is 4. The molecule has 0 radical (unpaired) electrons. The van der Waals surface area contributed by atoms with E-state index in [4.69, 9.17) is 0 Å². The van der Waals surface area contributed by atoms with Crippen molar-refractivity contribution in [1.29, 1.82) is 0 Å². The van der Waals surface area contributed by atoms with Gasteiger partial charge in [0.25, 0.3) is 0 Å². The Kier molecular flexibility index (Phi) is 5.71. The van der Waals surface area contributed by atoms with Gasteiger partial charge in [-0.05, 0) is 18.6 Å². The Morgan fingerprint density at radius 2 is 1.79 bits per heavy atom. The van der Waals surface area contributed by atoms with Crippen molar-refractivity contribution in [3.8, 4) is 11.4 Å². The van der Waals surface area contributed by atoms with E-state index >= 15 is 0 Å². The van der Waals surface area contributed by atoms with Crippen molar-refractivity contribution in [2.45, 2.75) is 45.4 Å². The molecule has 0 saturated heterocycles. The molecule has 6 nitrogen and oxygen atoms in total. The third-order valence-corrected chi connectivity index (χ3v) is 4.06. The van der Waals surface area contributed by atoms with Crippen LogP contribution in [0.5, 0.6) is 0 Å². The molecule has 6 heteroatoms. The first-order valence-corrected chi connectivity index (χ1v) is 8.73. The van der Waals surface area contributed by atoms with E-state index in [1.165, 1.54) is 32.1 Å². The fraction of sp³-hybridized carbons (Fsp3) is 0.444. The van der Waals surface area contributed by atoms with Crippen LogP contribution in [0.3, 0.4) is 0 Å². The summed E-state index contributed by atoms with van der Waals surface area (Å²) >= 11 is 0. The van der Waals surface area contributed by atoms with E-state index in [-0.39, 0.29) is 0 Å². The summed E-state index contributed by atoms with van der Waals surface area (Å²) in [6.45, 7) is 3.16. The number of aromatic nitrogens is 5. The molecule has 0 aliphatic rings. The summed E-state index contributed by atoms with van der Waals surface area (Å²) < 4.78 is 0. The quantitative estimate of drug-likeness (QED) is 0.577. The van der Waals surface area contributed by atoms with Gasteiger partial charge < -0.3 is 10.3 Å². The molecule has 3 aromatic rings. The fourth-order valence-electron chi connectivity index (χ4n) is 2.72. The predicted molar refractivity (Wildman–Crippen MR) is 96.8 cm³/mol. The molecule has 0 atom stereocenters. The maximum absolute atomic E-state index is 4.55. The molecule has 3 heterocycles. The van der Waals surface area contributed by atoms with Crippen LogP contribution < -0.4 is 5.32 Å². The molecule has 126 valence electrons. The number of nitrogens with one attached hydrogen (secondary N) is 2. The van der Waals surface area contributed by atoms with Gasteiger partial charge >= 0.3 is 0 Å². The van der Waals surface area contributed by atoms with E-state index in [2.05, 4.69) is 37.2 Å². The number of H-pyrrole nitrogens is 1. The normalized spacial score (nSPS) is 11.0. The van der Waals surface area contributed by atoms with Crippen molar-refractivity contribution in [3.63, 3.8) is 0 Å². The standard InChI is InChI=1S/C18H24N6/c1-2-3-4-5-6-7-10-20-17-15-18(22-13-21-17)24-16(23-15)14-8-11-19-12-9-14/h8-9,11-13H,2-7,10H2,1H3,(H2,20,21,22,23,24). The van der Waals surface area contributed by atoms with E-state index in [1.807, 2.05) is 12.1 Å². The van der Waals surface area contributed by atoms with Gasteiger partial charge in [0.2, 0.25) is 0 Å². The monoisotopic (exact) mass is 324 g/mol. The summed E-state index contributed by atoms with van der Waals surface area (Å²) in [5.74, 6) is 1.61. The number of fused-ring (bicyclic) bond motifs is 1. The average Bonchev–Trinajstić information content (AvgIpc) is 3.07. The lowest BCUT2D eigenvalue weighted by molar-refractivity contribution is 0.617. The molecular formula is C18H24N6. The zero-order valence-electron chi connectivity index (χ0n) is 14.1. The highest BCUT2D eigenvalue weighted by atomic mass is 15.1. The van der Waals surface area contributed by atoms with Crippen LogP contribution in [0.25, 0.3) is 22.6 Å². The number of imidazole rings is 1. The molecule has 3 rings (SSSR count). The van der Waals surface area contributed by atoms with Gasteiger partial charge in [-0.25, -0.2) is 15.0 Å². The van der Waals surface area contributed by atoms with Crippen LogP contribution in [0.15, 0.2) is 30.9 Å². The zero-order valence-corrected chi connectivity index (χ0v) is 14.1. The van der Waals surface area contributed by atoms with Gasteiger partial charge in [-0.15, -0.1) is 0 Å². The Labute approximate surface area is 142 Å². The highest BCUT2D eigenvalue weighted by Crippen LogP contribution is 2.22. The highest BCUT2D eigenvalue weighted by Gasteiger charge is 2.10. The number of pyridine rings is 1. The Bertz CT molecular complexity index is 753. The molecule has 0 amide bonds. The van der Waals surface area contributed by atoms with Crippen molar-refractivity contribution in [2.24, 2.45) is 0 Å². The van der Waals surface area contributed by atoms with E-state index in [0.29, 0.717) is 5.65 Å². The number of hydrogen-bond donors (Lipinski definition) is 2. The Balaban J connectivity index is 1.63. The largest absolute Gasteiger partial charge is 0.368 e. The molecule has 0 aromatic carbocycles. The topological polar surface area (TPSA) is 79.4 Å². The molecule has 0 fully saturated rings. The van der Waals surface area contributed by atoms with Gasteiger partial charge in [-0.3, -0.25) is 4.98 Å². The maximum atomic E-state index is 4.55. The van der Waals surface area contributed by atoms with E-state index in [0.717, 1.165) is 35.7 Å². The van der Waals surface area contributed by atoms with Gasteiger partial charge in [0.1, 0.15) is 17.7 Å². The maximum Gasteiger partial charge on any atom is 0.183 e. The molecule has 3 aromatic heterocycles. The van der Waals surface area contributed by atoms with Gasteiger partial charge in [-0.2, -0.15) is 0 Å². The first kappa shape index (κ1) is 16.4. The Morgan fingerprint density at radius 3 is 2.62 bits per heavy atom. The molecule has 24 heavy (non-hydrogen) atoms. The molecule has 2 N–H and O–H groups in total. The number of aromatic amines is 1. The van der Waals surface area contributed by atoms with Gasteiger partial charge in [0.05, 0.1) is 0 Å². The van der Waals surface area contributed by atoms with Crippen LogP contribution in [0.1, 0.15) is 45.4 Å². The summed E-state index contributed by atoms with van der Waals surface area (Å²) in [6, 6.07) is 3.85. The highest BCUT2D eigenvalue weighted by molar-refractivity contribution is 5.85. The van der Waals surface area contributed by atoms with Crippen molar-refractivity contribution >= 4 is 17.0 Å². The second-order valence-corrected chi connectivity index (χ2v) is 5.94. The molecular weight excluding hydrogens is 300 g/mol. The Morgan fingerprint density at radius 1 is 1.00 bits per heavy atom. The molecule has 0 saturated carbocycles. The van der Waals surface area contributed by atoms with Crippen molar-refractivity contribution in [1.82, 2.24) is 24.9 Å². The molecule has 0 unspecified atom stereocenters. The SMILES string of the molecule is CCCCCCCCNc1ncnc2nc(-c3ccncc3)[nH]c12.